The molecule has 0 spiro atoms. The van der Waals surface area contributed by atoms with Crippen LogP contribution >= 0.6 is 0 Å². The van der Waals surface area contributed by atoms with Crippen LogP contribution in [0.25, 0.3) is 0 Å². The van der Waals surface area contributed by atoms with E-state index in [0.29, 0.717) is 11.8 Å². The van der Waals surface area contributed by atoms with Gasteiger partial charge in [0.05, 0.1) is 0 Å². The van der Waals surface area contributed by atoms with Crippen LogP contribution in [-0.4, -0.2) is 36.9 Å². The normalized spacial score (nSPS) is 29.1. The van der Waals surface area contributed by atoms with Gasteiger partial charge in [-0.25, -0.2) is 0 Å². The Hall–Kier alpha value is -0.830. The van der Waals surface area contributed by atoms with Crippen molar-refractivity contribution in [2.24, 2.45) is 11.8 Å². The van der Waals surface area contributed by atoms with Gasteiger partial charge in [-0.2, -0.15) is 0 Å². The molecule has 0 aromatic carbocycles. The highest BCUT2D eigenvalue weighted by Crippen LogP contribution is 2.27. The number of hydrogen-bond donors (Lipinski definition) is 1. The zero-order chi connectivity index (χ0) is 14.5. The topological polar surface area (TPSA) is 32.3 Å². The first kappa shape index (κ1) is 15.6. The third-order valence-corrected chi connectivity index (χ3v) is 5.03. The van der Waals surface area contributed by atoms with E-state index in [1.165, 1.54) is 44.5 Å². The summed E-state index contributed by atoms with van der Waals surface area (Å²) in [7, 11) is 2.20. The van der Waals surface area contributed by atoms with Gasteiger partial charge in [-0.05, 0) is 71.5 Å². The van der Waals surface area contributed by atoms with Crippen LogP contribution in [0, 0.1) is 11.8 Å². The maximum absolute atomic E-state index is 11.5. The summed E-state index contributed by atoms with van der Waals surface area (Å²) in [6, 6.07) is 0.469. The Bertz CT molecular complexity index is 345. The van der Waals surface area contributed by atoms with Crippen molar-refractivity contribution in [3.05, 3.63) is 12.3 Å². The van der Waals surface area contributed by atoms with Gasteiger partial charge in [0, 0.05) is 17.7 Å². The fourth-order valence-electron chi connectivity index (χ4n) is 3.65. The van der Waals surface area contributed by atoms with E-state index in [1.807, 2.05) is 0 Å². The zero-order valence-electron chi connectivity index (χ0n) is 13.2. The number of likely N-dealkylation sites (tertiary alicyclic amines) is 1. The van der Waals surface area contributed by atoms with Gasteiger partial charge in [0.2, 0.25) is 0 Å². The van der Waals surface area contributed by atoms with E-state index in [9.17, 15) is 4.79 Å². The minimum atomic E-state index is 0.275. The summed E-state index contributed by atoms with van der Waals surface area (Å²) in [5.41, 5.74) is 1.19. The third kappa shape index (κ3) is 4.62. The van der Waals surface area contributed by atoms with Gasteiger partial charge in [0.25, 0.3) is 0 Å². The van der Waals surface area contributed by atoms with Gasteiger partial charge in [-0.1, -0.05) is 13.0 Å². The van der Waals surface area contributed by atoms with Crippen LogP contribution in [0.5, 0.6) is 0 Å². The molecule has 2 fully saturated rings. The lowest BCUT2D eigenvalue weighted by atomic mass is 9.83. The van der Waals surface area contributed by atoms with Crippen molar-refractivity contribution in [3.63, 3.8) is 0 Å². The largest absolute Gasteiger partial charge is 0.386 e. The Morgan fingerprint density at radius 1 is 1.25 bits per heavy atom. The van der Waals surface area contributed by atoms with Crippen LogP contribution in [0.3, 0.4) is 0 Å². The van der Waals surface area contributed by atoms with Crippen LogP contribution in [-0.2, 0) is 4.79 Å². The molecular weight excluding hydrogens is 248 g/mol. The molecule has 0 aromatic rings. The summed E-state index contributed by atoms with van der Waals surface area (Å²) in [6.07, 6.45) is 8.13. The SMILES string of the molecule is C=C(CC1CCN(C)CC1)NC1CCCC(C(C)=O)C1. The Morgan fingerprint density at radius 2 is 1.95 bits per heavy atom. The van der Waals surface area contributed by atoms with Crippen molar-refractivity contribution < 1.29 is 4.79 Å². The molecule has 114 valence electrons. The number of ketones is 1. The second-order valence-electron chi connectivity index (χ2n) is 6.87. The van der Waals surface area contributed by atoms with Crippen molar-refractivity contribution in [2.45, 2.75) is 57.9 Å². The lowest BCUT2D eigenvalue weighted by Crippen LogP contribution is -2.36. The maximum Gasteiger partial charge on any atom is 0.132 e. The van der Waals surface area contributed by atoms with Crippen molar-refractivity contribution >= 4 is 5.78 Å². The summed E-state index contributed by atoms with van der Waals surface area (Å²) in [5.74, 6) is 1.42. The summed E-state index contributed by atoms with van der Waals surface area (Å²) < 4.78 is 0. The summed E-state index contributed by atoms with van der Waals surface area (Å²) >= 11 is 0. The Kier molecular flexibility index (Phi) is 5.64. The van der Waals surface area contributed by atoms with Crippen LogP contribution in [0.15, 0.2) is 12.3 Å². The number of Topliss-reactive ketones (excluding diaryl/α,β-unsaturated/α-hetero) is 1. The molecule has 20 heavy (non-hydrogen) atoms. The van der Waals surface area contributed by atoms with E-state index in [4.69, 9.17) is 0 Å². The maximum atomic E-state index is 11.5. The average Bonchev–Trinajstić information content (AvgIpc) is 2.41. The molecular formula is C17H30N2O. The predicted molar refractivity (Wildman–Crippen MR) is 83.5 cm³/mol. The second kappa shape index (κ2) is 7.26. The van der Waals surface area contributed by atoms with Crippen LogP contribution in [0.2, 0.25) is 0 Å². The van der Waals surface area contributed by atoms with Crippen molar-refractivity contribution in [2.75, 3.05) is 20.1 Å². The molecule has 2 unspecified atom stereocenters. The predicted octanol–water partition coefficient (Wildman–Crippen LogP) is 2.97. The van der Waals surface area contributed by atoms with Crippen LogP contribution in [0.1, 0.15) is 51.9 Å². The Labute approximate surface area is 123 Å². The molecule has 1 aliphatic carbocycles. The monoisotopic (exact) mass is 278 g/mol. The van der Waals surface area contributed by atoms with Gasteiger partial charge in [-0.3, -0.25) is 4.79 Å². The van der Waals surface area contributed by atoms with E-state index < -0.39 is 0 Å². The van der Waals surface area contributed by atoms with E-state index in [1.54, 1.807) is 6.92 Å². The molecule has 0 aromatic heterocycles. The highest BCUT2D eigenvalue weighted by molar-refractivity contribution is 5.78. The Balaban J connectivity index is 1.72. The number of carbonyl (C=O) groups excluding carboxylic acids is 1. The highest BCUT2D eigenvalue weighted by Gasteiger charge is 2.25. The standard InChI is InChI=1S/C17H30N2O/c1-13(11-15-7-9-19(3)10-8-15)18-17-6-4-5-16(12-17)14(2)20/h15-18H,1,4-12H2,2-3H3. The van der Waals surface area contributed by atoms with Gasteiger partial charge in [0.15, 0.2) is 0 Å². The number of nitrogens with one attached hydrogen (secondary N) is 1. The van der Waals surface area contributed by atoms with Gasteiger partial charge in [0.1, 0.15) is 5.78 Å². The molecule has 0 bridgehead atoms. The smallest absolute Gasteiger partial charge is 0.132 e. The second-order valence-corrected chi connectivity index (χ2v) is 6.87. The Morgan fingerprint density at radius 3 is 2.60 bits per heavy atom. The lowest BCUT2D eigenvalue weighted by Gasteiger charge is -2.32. The number of allylic oxidation sites excluding steroid dienone is 1. The molecule has 0 radical (unpaired) electrons. The molecule has 3 nitrogen and oxygen atoms in total. The minimum Gasteiger partial charge on any atom is -0.386 e. The zero-order valence-corrected chi connectivity index (χ0v) is 13.2. The first-order valence-electron chi connectivity index (χ1n) is 8.18. The fourth-order valence-corrected chi connectivity index (χ4v) is 3.65. The number of rotatable bonds is 5. The molecule has 2 aliphatic rings. The highest BCUT2D eigenvalue weighted by atomic mass is 16.1. The van der Waals surface area contributed by atoms with Gasteiger partial charge >= 0.3 is 0 Å². The molecule has 1 saturated heterocycles. The van der Waals surface area contributed by atoms with E-state index >= 15 is 0 Å². The van der Waals surface area contributed by atoms with Crippen molar-refractivity contribution in [3.8, 4) is 0 Å². The first-order chi connectivity index (χ1) is 9.54. The minimum absolute atomic E-state index is 0.275. The van der Waals surface area contributed by atoms with E-state index in [0.717, 1.165) is 25.2 Å². The number of carbonyl (C=O) groups is 1. The molecule has 1 saturated carbocycles. The fraction of sp³-hybridized carbons (Fsp3) is 0.824. The van der Waals surface area contributed by atoms with Gasteiger partial charge < -0.3 is 10.2 Å². The molecule has 1 N–H and O–H groups in total. The summed E-state index contributed by atoms with van der Waals surface area (Å²) in [4.78, 5) is 13.9. The molecule has 1 heterocycles. The molecule has 1 aliphatic heterocycles. The van der Waals surface area contributed by atoms with Crippen LogP contribution < -0.4 is 5.32 Å². The summed E-state index contributed by atoms with van der Waals surface area (Å²) in [5, 5.41) is 3.60. The van der Waals surface area contributed by atoms with E-state index in [2.05, 4.69) is 23.8 Å². The number of nitrogens with zero attached hydrogens (tertiary/aromatic N) is 1. The average molecular weight is 278 g/mol. The number of hydrogen-bond acceptors (Lipinski definition) is 3. The lowest BCUT2D eigenvalue weighted by molar-refractivity contribution is -0.121. The number of piperidine rings is 1. The van der Waals surface area contributed by atoms with Crippen LogP contribution in [0.4, 0.5) is 0 Å². The molecule has 0 amide bonds. The van der Waals surface area contributed by atoms with Crippen molar-refractivity contribution in [1.82, 2.24) is 10.2 Å². The molecule has 3 heteroatoms. The molecule has 2 atom stereocenters. The molecule has 2 rings (SSSR count). The third-order valence-electron chi connectivity index (χ3n) is 5.03. The van der Waals surface area contributed by atoms with E-state index in [-0.39, 0.29) is 5.92 Å². The quantitative estimate of drug-likeness (QED) is 0.839. The van der Waals surface area contributed by atoms with Gasteiger partial charge in [-0.15, -0.1) is 0 Å². The first-order valence-corrected chi connectivity index (χ1v) is 8.18. The summed E-state index contributed by atoms with van der Waals surface area (Å²) in [6.45, 7) is 8.39. The van der Waals surface area contributed by atoms with Crippen molar-refractivity contribution in [1.29, 1.82) is 0 Å².